The first kappa shape index (κ1) is 22.4. The maximum absolute atomic E-state index is 13.1. The van der Waals surface area contributed by atoms with Gasteiger partial charge in [0.2, 0.25) is 0 Å². The smallest absolute Gasteiger partial charge is 0.314 e. The molecular weight excluding hydrogens is 359 g/mol. The number of nitrogens with one attached hydrogen (secondary N) is 2. The molecule has 1 heterocycles. The van der Waals surface area contributed by atoms with Gasteiger partial charge in [0.25, 0.3) is 10.2 Å². The standard InChI is InChI=1S/C11H20F3N5O2S.ClH/c1-18(6-2-3-15)22(20,21)17-9-10(11(12,13)14)19-7-4-16-5-8-19;/h10,16-17H,2,4-9H2,1H3;1H. The Bertz CT molecular complexity index is 491. The third kappa shape index (κ3) is 7.19. The molecule has 1 fully saturated rings. The van der Waals surface area contributed by atoms with Gasteiger partial charge >= 0.3 is 6.18 Å². The SMILES string of the molecule is CN(CCC#N)S(=O)(=O)NCC(N1CCNCC1)C(F)(F)F.Cl. The van der Waals surface area contributed by atoms with Crippen LogP contribution < -0.4 is 10.0 Å². The molecule has 0 saturated carbocycles. The first-order valence-electron chi connectivity index (χ1n) is 6.78. The van der Waals surface area contributed by atoms with Crippen molar-refractivity contribution in [1.82, 2.24) is 19.2 Å². The largest absolute Gasteiger partial charge is 0.405 e. The fourth-order valence-corrected chi connectivity index (χ4v) is 2.99. The second-order valence-electron chi connectivity index (χ2n) is 4.93. The Morgan fingerprint density at radius 3 is 2.43 bits per heavy atom. The molecule has 7 nitrogen and oxygen atoms in total. The van der Waals surface area contributed by atoms with Crippen molar-refractivity contribution in [3.05, 3.63) is 0 Å². The first-order valence-corrected chi connectivity index (χ1v) is 8.22. The summed E-state index contributed by atoms with van der Waals surface area (Å²) in [5.41, 5.74) is 0. The van der Waals surface area contributed by atoms with Gasteiger partial charge in [-0.3, -0.25) is 4.90 Å². The summed E-state index contributed by atoms with van der Waals surface area (Å²) >= 11 is 0. The molecule has 0 radical (unpaired) electrons. The van der Waals surface area contributed by atoms with Crippen molar-refractivity contribution >= 4 is 22.6 Å². The van der Waals surface area contributed by atoms with Crippen molar-refractivity contribution in [1.29, 1.82) is 5.26 Å². The molecular formula is C11H21ClF3N5O2S. The summed E-state index contributed by atoms with van der Waals surface area (Å²) in [4.78, 5) is 1.22. The number of hydrogen-bond acceptors (Lipinski definition) is 5. The molecule has 0 aromatic carbocycles. The third-order valence-electron chi connectivity index (χ3n) is 3.38. The molecule has 0 spiro atoms. The van der Waals surface area contributed by atoms with E-state index < -0.39 is 29.0 Å². The molecule has 0 aromatic heterocycles. The molecule has 2 N–H and O–H groups in total. The molecule has 0 aliphatic carbocycles. The molecule has 136 valence electrons. The van der Waals surface area contributed by atoms with Crippen LogP contribution in [0.1, 0.15) is 6.42 Å². The van der Waals surface area contributed by atoms with E-state index in [0.29, 0.717) is 13.1 Å². The van der Waals surface area contributed by atoms with Crippen LogP contribution in [-0.2, 0) is 10.2 Å². The van der Waals surface area contributed by atoms with E-state index in [1.54, 1.807) is 6.07 Å². The lowest BCUT2D eigenvalue weighted by Crippen LogP contribution is -2.58. The fraction of sp³-hybridized carbons (Fsp3) is 0.909. The predicted molar refractivity (Wildman–Crippen MR) is 81.3 cm³/mol. The van der Waals surface area contributed by atoms with Crippen molar-refractivity contribution in [3.8, 4) is 6.07 Å². The van der Waals surface area contributed by atoms with Gasteiger partial charge in [-0.2, -0.15) is 31.2 Å². The fourth-order valence-electron chi connectivity index (χ4n) is 2.07. The van der Waals surface area contributed by atoms with Gasteiger partial charge in [-0.1, -0.05) is 0 Å². The zero-order valence-corrected chi connectivity index (χ0v) is 14.3. The lowest BCUT2D eigenvalue weighted by molar-refractivity contribution is -0.182. The minimum Gasteiger partial charge on any atom is -0.314 e. The van der Waals surface area contributed by atoms with Crippen LogP contribution >= 0.6 is 12.4 Å². The summed E-state index contributed by atoms with van der Waals surface area (Å²) in [6.07, 6.45) is -4.55. The molecule has 12 heteroatoms. The highest BCUT2D eigenvalue weighted by molar-refractivity contribution is 7.87. The molecule has 1 unspecified atom stereocenters. The number of nitrogens with zero attached hydrogens (tertiary/aromatic N) is 3. The van der Waals surface area contributed by atoms with Gasteiger partial charge in [0, 0.05) is 52.7 Å². The lowest BCUT2D eigenvalue weighted by atomic mass is 10.2. The zero-order valence-electron chi connectivity index (χ0n) is 12.6. The van der Waals surface area contributed by atoms with Crippen molar-refractivity contribution < 1.29 is 21.6 Å². The van der Waals surface area contributed by atoms with E-state index >= 15 is 0 Å². The molecule has 0 bridgehead atoms. The summed E-state index contributed by atoms with van der Waals surface area (Å²) < 4.78 is 65.9. The molecule has 1 atom stereocenters. The Kier molecular flexibility index (Phi) is 9.34. The van der Waals surface area contributed by atoms with Crippen LogP contribution in [0.25, 0.3) is 0 Å². The van der Waals surface area contributed by atoms with E-state index in [0.717, 1.165) is 4.31 Å². The Morgan fingerprint density at radius 2 is 1.96 bits per heavy atom. The maximum Gasteiger partial charge on any atom is 0.405 e. The number of hydrogen-bond donors (Lipinski definition) is 2. The average molecular weight is 380 g/mol. The number of rotatable bonds is 7. The molecule has 1 rings (SSSR count). The third-order valence-corrected chi connectivity index (χ3v) is 4.91. The quantitative estimate of drug-likeness (QED) is 0.646. The highest BCUT2D eigenvalue weighted by Crippen LogP contribution is 2.25. The monoisotopic (exact) mass is 379 g/mol. The highest BCUT2D eigenvalue weighted by atomic mass is 35.5. The van der Waals surface area contributed by atoms with E-state index in [1.165, 1.54) is 11.9 Å². The summed E-state index contributed by atoms with van der Waals surface area (Å²) in [5, 5.41) is 11.4. The zero-order chi connectivity index (χ0) is 16.8. The van der Waals surface area contributed by atoms with Gasteiger partial charge in [-0.05, 0) is 0 Å². The highest BCUT2D eigenvalue weighted by Gasteiger charge is 2.44. The average Bonchev–Trinajstić information content (AvgIpc) is 2.44. The van der Waals surface area contributed by atoms with Crippen LogP contribution in [0.4, 0.5) is 13.2 Å². The summed E-state index contributed by atoms with van der Waals surface area (Å²) in [7, 11) is -2.82. The molecule has 1 aliphatic heterocycles. The predicted octanol–water partition coefficient (Wildman–Crippen LogP) is -0.0758. The molecule has 1 aliphatic rings. The minimum atomic E-state index is -4.52. The van der Waals surface area contributed by atoms with Gasteiger partial charge in [-0.15, -0.1) is 12.4 Å². The molecule has 23 heavy (non-hydrogen) atoms. The van der Waals surface area contributed by atoms with E-state index in [1.807, 2.05) is 4.72 Å². The Hall–Kier alpha value is -0.640. The Labute approximate surface area is 140 Å². The molecule has 0 amide bonds. The number of piperazine rings is 1. The van der Waals surface area contributed by atoms with E-state index in [9.17, 15) is 21.6 Å². The van der Waals surface area contributed by atoms with Gasteiger partial charge in [0.15, 0.2) is 0 Å². The summed E-state index contributed by atoms with van der Waals surface area (Å²) in [6.45, 7) is 0.452. The number of halogens is 4. The lowest BCUT2D eigenvalue weighted by Gasteiger charge is -2.36. The van der Waals surface area contributed by atoms with Crippen molar-refractivity contribution in [2.75, 3.05) is 46.3 Å². The second kappa shape index (κ2) is 9.61. The van der Waals surface area contributed by atoms with E-state index in [2.05, 4.69) is 5.32 Å². The molecule has 1 saturated heterocycles. The van der Waals surface area contributed by atoms with Crippen LogP contribution in [0, 0.1) is 11.3 Å². The Balaban J connectivity index is 0.00000484. The van der Waals surface area contributed by atoms with Crippen molar-refractivity contribution in [2.45, 2.75) is 18.6 Å². The van der Waals surface area contributed by atoms with E-state index in [4.69, 9.17) is 5.26 Å². The minimum absolute atomic E-state index is 0. The van der Waals surface area contributed by atoms with Gasteiger partial charge in [0.1, 0.15) is 6.04 Å². The number of alkyl halides is 3. The van der Waals surface area contributed by atoms with Crippen molar-refractivity contribution in [3.63, 3.8) is 0 Å². The van der Waals surface area contributed by atoms with Crippen LogP contribution in [0.5, 0.6) is 0 Å². The summed E-state index contributed by atoms with van der Waals surface area (Å²) in [5.74, 6) is 0. The van der Waals surface area contributed by atoms with Crippen LogP contribution in [-0.4, -0.2) is 76.2 Å². The van der Waals surface area contributed by atoms with Crippen LogP contribution in [0.2, 0.25) is 0 Å². The van der Waals surface area contributed by atoms with Crippen LogP contribution in [0.15, 0.2) is 0 Å². The van der Waals surface area contributed by atoms with Crippen molar-refractivity contribution in [2.24, 2.45) is 0 Å². The topological polar surface area (TPSA) is 88.5 Å². The van der Waals surface area contributed by atoms with Gasteiger partial charge in [-0.25, -0.2) is 4.72 Å². The second-order valence-corrected chi connectivity index (χ2v) is 6.79. The number of nitriles is 1. The summed E-state index contributed by atoms with van der Waals surface area (Å²) in [6, 6.07) is -0.0844. The Morgan fingerprint density at radius 1 is 1.39 bits per heavy atom. The van der Waals surface area contributed by atoms with Gasteiger partial charge < -0.3 is 5.32 Å². The maximum atomic E-state index is 13.1. The van der Waals surface area contributed by atoms with Crippen LogP contribution in [0.3, 0.4) is 0 Å². The normalized spacial score (nSPS) is 18.3. The van der Waals surface area contributed by atoms with Gasteiger partial charge in [0.05, 0.1) is 6.07 Å². The molecule has 0 aromatic rings. The van der Waals surface area contributed by atoms with E-state index in [-0.39, 0.29) is 38.5 Å². The first-order chi connectivity index (χ1) is 10.2.